The van der Waals surface area contributed by atoms with Crippen molar-refractivity contribution in [2.75, 3.05) is 18.5 Å². The van der Waals surface area contributed by atoms with Gasteiger partial charge in [-0.1, -0.05) is 42.5 Å². The van der Waals surface area contributed by atoms with Gasteiger partial charge >= 0.3 is 11.9 Å². The van der Waals surface area contributed by atoms with Crippen LogP contribution in [0.1, 0.15) is 26.7 Å². The molecule has 2 aromatic rings. The summed E-state index contributed by atoms with van der Waals surface area (Å²) in [4.78, 5) is 30.6. The third-order valence-corrected chi connectivity index (χ3v) is 5.05. The second-order valence-electron chi connectivity index (χ2n) is 7.42. The van der Waals surface area contributed by atoms with Crippen molar-refractivity contribution in [3.05, 3.63) is 84.1 Å². The summed E-state index contributed by atoms with van der Waals surface area (Å²) in [5.41, 5.74) is 1.74. The molecule has 0 saturated heterocycles. The van der Waals surface area contributed by atoms with E-state index in [1.54, 1.807) is 26.3 Å². The first-order valence-corrected chi connectivity index (χ1v) is 10.7. The van der Waals surface area contributed by atoms with Gasteiger partial charge < -0.3 is 14.8 Å². The molecule has 0 fully saturated rings. The summed E-state index contributed by atoms with van der Waals surface area (Å²) in [5.74, 6) is -1.16. The van der Waals surface area contributed by atoms with Gasteiger partial charge in [0.15, 0.2) is 5.41 Å². The molecular formula is C26H28N2O4. The Kier molecular flexibility index (Phi) is 7.97. The summed E-state index contributed by atoms with van der Waals surface area (Å²) < 4.78 is 10.6. The molecule has 0 unspecified atom stereocenters. The number of allylic oxidation sites excluding steroid dienone is 3. The third-order valence-electron chi connectivity index (χ3n) is 5.05. The van der Waals surface area contributed by atoms with Crippen molar-refractivity contribution in [3.63, 3.8) is 0 Å². The summed E-state index contributed by atoms with van der Waals surface area (Å²) in [5, 5.41) is 3.23. The van der Waals surface area contributed by atoms with E-state index in [0.717, 1.165) is 22.5 Å². The SMILES string of the molecule is CCOC(=O)C1(C(=O)OCC)CC(/C=N/c2ccccc2)=CC(=C/Nc2ccccc2)/C1. The number of nitrogens with one attached hydrogen (secondary N) is 1. The highest BCUT2D eigenvalue weighted by Gasteiger charge is 2.51. The van der Waals surface area contributed by atoms with E-state index in [-0.39, 0.29) is 26.1 Å². The number of ether oxygens (including phenoxy) is 2. The molecule has 0 bridgehead atoms. The van der Waals surface area contributed by atoms with E-state index in [9.17, 15) is 9.59 Å². The molecule has 2 aromatic carbocycles. The lowest BCUT2D eigenvalue weighted by atomic mass is 9.72. The smallest absolute Gasteiger partial charge is 0.324 e. The quantitative estimate of drug-likeness (QED) is 0.352. The minimum absolute atomic E-state index is 0.156. The zero-order valence-corrected chi connectivity index (χ0v) is 18.4. The number of esters is 2. The van der Waals surface area contributed by atoms with Crippen molar-refractivity contribution < 1.29 is 19.1 Å². The van der Waals surface area contributed by atoms with Crippen LogP contribution < -0.4 is 5.32 Å². The molecule has 0 spiro atoms. The highest BCUT2D eigenvalue weighted by atomic mass is 16.6. The van der Waals surface area contributed by atoms with E-state index in [4.69, 9.17) is 9.47 Å². The molecule has 0 atom stereocenters. The Balaban J connectivity index is 1.99. The summed E-state index contributed by atoms with van der Waals surface area (Å²) in [6.07, 6.45) is 5.77. The zero-order chi connectivity index (χ0) is 22.8. The summed E-state index contributed by atoms with van der Waals surface area (Å²) in [6, 6.07) is 19.2. The van der Waals surface area contributed by atoms with E-state index in [1.807, 2.05) is 66.7 Å². The third kappa shape index (κ3) is 5.72. The van der Waals surface area contributed by atoms with Gasteiger partial charge in [0.1, 0.15) is 0 Å². The number of nitrogens with zero attached hydrogens (tertiary/aromatic N) is 1. The number of hydrogen-bond acceptors (Lipinski definition) is 6. The molecule has 0 heterocycles. The maximum absolute atomic E-state index is 13.0. The van der Waals surface area contributed by atoms with E-state index in [1.165, 1.54) is 0 Å². The average molecular weight is 433 g/mol. The maximum atomic E-state index is 13.0. The fraction of sp³-hybridized carbons (Fsp3) is 0.269. The van der Waals surface area contributed by atoms with Crippen LogP contribution in [0.4, 0.5) is 11.4 Å². The van der Waals surface area contributed by atoms with Gasteiger partial charge in [-0.15, -0.1) is 0 Å². The van der Waals surface area contributed by atoms with Gasteiger partial charge in [0.05, 0.1) is 18.9 Å². The average Bonchev–Trinajstić information content (AvgIpc) is 2.83. The fourth-order valence-corrected chi connectivity index (χ4v) is 3.57. The molecule has 1 aliphatic carbocycles. The van der Waals surface area contributed by atoms with E-state index >= 15 is 0 Å². The molecule has 6 nitrogen and oxygen atoms in total. The lowest BCUT2D eigenvalue weighted by Crippen LogP contribution is -2.44. The molecule has 0 radical (unpaired) electrons. The second kappa shape index (κ2) is 11.1. The minimum Gasteiger partial charge on any atom is -0.465 e. The van der Waals surface area contributed by atoms with Crippen molar-refractivity contribution >= 4 is 29.5 Å². The molecule has 6 heteroatoms. The number of hydrogen-bond donors (Lipinski definition) is 1. The van der Waals surface area contributed by atoms with E-state index in [0.29, 0.717) is 0 Å². The molecule has 0 aliphatic heterocycles. The van der Waals surface area contributed by atoms with Crippen molar-refractivity contribution in [2.24, 2.45) is 10.4 Å². The summed E-state index contributed by atoms with van der Waals surface area (Å²) in [6.45, 7) is 3.80. The Morgan fingerprint density at radius 3 is 2.12 bits per heavy atom. The van der Waals surface area contributed by atoms with Crippen molar-refractivity contribution in [3.8, 4) is 0 Å². The van der Waals surface area contributed by atoms with Gasteiger partial charge in [-0.2, -0.15) is 0 Å². The molecular weight excluding hydrogens is 404 g/mol. The van der Waals surface area contributed by atoms with Gasteiger partial charge in [-0.25, -0.2) is 0 Å². The monoisotopic (exact) mass is 432 g/mol. The van der Waals surface area contributed by atoms with Crippen molar-refractivity contribution in [1.29, 1.82) is 0 Å². The van der Waals surface area contributed by atoms with Crippen molar-refractivity contribution in [2.45, 2.75) is 26.7 Å². The molecule has 1 N–H and O–H groups in total. The molecule has 3 rings (SSSR count). The molecule has 1 aliphatic rings. The lowest BCUT2D eigenvalue weighted by Gasteiger charge is -2.33. The molecule has 0 aromatic heterocycles. The van der Waals surface area contributed by atoms with Crippen LogP contribution in [0.25, 0.3) is 0 Å². The standard InChI is InChI=1S/C26H28N2O4/c1-3-31-24(29)26(25(30)32-4-2)16-20(18-27-22-11-7-5-8-12-22)15-21(17-26)19-28-23-13-9-6-10-14-23/h5-15,18-19,27H,3-4,16-17H2,1-2H3/b20-18-,28-19+. The predicted octanol–water partition coefficient (Wildman–Crippen LogP) is 5.22. The predicted molar refractivity (Wildman–Crippen MR) is 126 cm³/mol. The Morgan fingerprint density at radius 1 is 0.938 bits per heavy atom. The number of anilines is 1. The van der Waals surface area contributed by atoms with Crippen LogP contribution in [-0.2, 0) is 19.1 Å². The van der Waals surface area contributed by atoms with Crippen LogP contribution in [0.5, 0.6) is 0 Å². The first-order chi connectivity index (χ1) is 15.6. The fourth-order valence-electron chi connectivity index (χ4n) is 3.57. The van der Waals surface area contributed by atoms with Gasteiger partial charge in [0, 0.05) is 30.9 Å². The Bertz CT molecular complexity index is 993. The minimum atomic E-state index is -1.46. The number of rotatable bonds is 8. The lowest BCUT2D eigenvalue weighted by molar-refractivity contribution is -0.172. The number of aliphatic imine (C=N–C) groups is 1. The molecule has 0 amide bonds. The first-order valence-electron chi connectivity index (χ1n) is 10.7. The van der Waals surface area contributed by atoms with Crippen LogP contribution in [0, 0.1) is 5.41 Å². The van der Waals surface area contributed by atoms with Gasteiger partial charge in [-0.05, 0) is 49.3 Å². The maximum Gasteiger partial charge on any atom is 0.324 e. The van der Waals surface area contributed by atoms with Gasteiger partial charge in [0.2, 0.25) is 0 Å². The summed E-state index contributed by atoms with van der Waals surface area (Å²) >= 11 is 0. The zero-order valence-electron chi connectivity index (χ0n) is 18.4. The van der Waals surface area contributed by atoms with Crippen LogP contribution in [-0.4, -0.2) is 31.4 Å². The van der Waals surface area contributed by atoms with Crippen LogP contribution in [0.3, 0.4) is 0 Å². The number of benzene rings is 2. The van der Waals surface area contributed by atoms with Crippen LogP contribution >= 0.6 is 0 Å². The topological polar surface area (TPSA) is 77.0 Å². The highest BCUT2D eigenvalue weighted by molar-refractivity contribution is 6.02. The number of carbonyl (C=O) groups excluding carboxylic acids is 2. The summed E-state index contributed by atoms with van der Waals surface area (Å²) in [7, 11) is 0. The van der Waals surface area contributed by atoms with Gasteiger partial charge in [-0.3, -0.25) is 14.6 Å². The number of carbonyl (C=O) groups is 2. The Hall–Kier alpha value is -3.67. The van der Waals surface area contributed by atoms with E-state index < -0.39 is 17.4 Å². The molecule has 166 valence electrons. The molecule has 0 saturated carbocycles. The number of para-hydroxylation sites is 2. The normalized spacial score (nSPS) is 16.4. The van der Waals surface area contributed by atoms with Crippen LogP contribution in [0.2, 0.25) is 0 Å². The van der Waals surface area contributed by atoms with E-state index in [2.05, 4.69) is 10.3 Å². The highest BCUT2D eigenvalue weighted by Crippen LogP contribution is 2.41. The Morgan fingerprint density at radius 2 is 1.53 bits per heavy atom. The van der Waals surface area contributed by atoms with Crippen LogP contribution in [0.15, 0.2) is 89.1 Å². The van der Waals surface area contributed by atoms with Gasteiger partial charge in [0.25, 0.3) is 0 Å². The largest absolute Gasteiger partial charge is 0.465 e. The van der Waals surface area contributed by atoms with Crippen molar-refractivity contribution in [1.82, 2.24) is 0 Å². The Labute approximate surface area is 188 Å². The molecule has 32 heavy (non-hydrogen) atoms. The second-order valence-corrected chi connectivity index (χ2v) is 7.42. The first kappa shape index (κ1) is 23.0.